The Balaban J connectivity index is 1.42. The summed E-state index contributed by atoms with van der Waals surface area (Å²) in [4.78, 5) is 26.3. The van der Waals surface area contributed by atoms with Crippen molar-refractivity contribution < 1.29 is 9.59 Å². The lowest BCUT2D eigenvalue weighted by atomic mass is 9.73. The Bertz CT molecular complexity index is 864. The van der Waals surface area contributed by atoms with E-state index in [2.05, 4.69) is 36.1 Å². The third kappa shape index (κ3) is 3.96. The third-order valence-electron chi connectivity index (χ3n) is 6.17. The molecule has 0 aliphatic heterocycles. The van der Waals surface area contributed by atoms with Crippen LogP contribution in [0.5, 0.6) is 0 Å². The monoisotopic (exact) mass is 376 g/mol. The Hall–Kier alpha value is -2.62. The van der Waals surface area contributed by atoms with Crippen molar-refractivity contribution in [3.63, 3.8) is 0 Å². The number of rotatable bonds is 7. The third-order valence-corrected chi connectivity index (χ3v) is 6.17. The molecule has 2 fully saturated rings. The fourth-order valence-electron chi connectivity index (χ4n) is 4.33. The van der Waals surface area contributed by atoms with E-state index in [4.69, 9.17) is 5.73 Å². The standard InChI is InChI=1S/C24H28N2O2/c1-16-4-2-3-5-22(16)19-14-21(15-19)26(20-11-12-20)24(28)18-9-6-17(7-10-18)8-13-23(25)27/h2-7,9-10,19-21H,8,11-15H2,1H3,(H2,25,27). The van der Waals surface area contributed by atoms with Gasteiger partial charge in [-0.2, -0.15) is 0 Å². The van der Waals surface area contributed by atoms with Gasteiger partial charge in [-0.3, -0.25) is 9.59 Å². The van der Waals surface area contributed by atoms with Crippen molar-refractivity contribution in [3.8, 4) is 0 Å². The molecule has 0 unspecified atom stereocenters. The molecule has 146 valence electrons. The van der Waals surface area contributed by atoms with E-state index < -0.39 is 0 Å². The average Bonchev–Trinajstić information content (AvgIpc) is 3.48. The van der Waals surface area contributed by atoms with Crippen LogP contribution in [0, 0.1) is 6.92 Å². The van der Waals surface area contributed by atoms with Crippen molar-refractivity contribution in [2.24, 2.45) is 5.73 Å². The van der Waals surface area contributed by atoms with Gasteiger partial charge in [0.2, 0.25) is 5.91 Å². The largest absolute Gasteiger partial charge is 0.370 e. The molecule has 0 spiro atoms. The molecular formula is C24H28N2O2. The Labute approximate surface area is 166 Å². The molecule has 2 aliphatic rings. The number of primary amides is 1. The number of carbonyl (C=O) groups is 2. The first-order chi connectivity index (χ1) is 13.5. The molecule has 2 amide bonds. The number of hydrogen-bond donors (Lipinski definition) is 1. The van der Waals surface area contributed by atoms with Crippen molar-refractivity contribution in [1.29, 1.82) is 0 Å². The molecule has 4 nitrogen and oxygen atoms in total. The Morgan fingerprint density at radius 3 is 2.29 bits per heavy atom. The number of carbonyl (C=O) groups excluding carboxylic acids is 2. The Kier molecular flexibility index (Phi) is 5.21. The molecular weight excluding hydrogens is 348 g/mol. The maximum Gasteiger partial charge on any atom is 0.254 e. The van der Waals surface area contributed by atoms with E-state index in [-0.39, 0.29) is 11.8 Å². The predicted octanol–water partition coefficient (Wildman–Crippen LogP) is 3.96. The van der Waals surface area contributed by atoms with Crippen LogP contribution in [0.25, 0.3) is 0 Å². The minimum absolute atomic E-state index is 0.150. The van der Waals surface area contributed by atoms with E-state index >= 15 is 0 Å². The summed E-state index contributed by atoms with van der Waals surface area (Å²) in [5, 5.41) is 0. The van der Waals surface area contributed by atoms with Crippen LogP contribution < -0.4 is 5.73 Å². The highest BCUT2D eigenvalue weighted by atomic mass is 16.2. The van der Waals surface area contributed by atoms with Crippen molar-refractivity contribution in [2.75, 3.05) is 0 Å². The van der Waals surface area contributed by atoms with E-state index in [1.54, 1.807) is 0 Å². The molecule has 0 atom stereocenters. The first-order valence-corrected chi connectivity index (χ1v) is 10.3. The van der Waals surface area contributed by atoms with Gasteiger partial charge in [0.25, 0.3) is 5.91 Å². The van der Waals surface area contributed by atoms with Crippen LogP contribution >= 0.6 is 0 Å². The van der Waals surface area contributed by atoms with Crippen LogP contribution in [0.4, 0.5) is 0 Å². The van der Waals surface area contributed by atoms with E-state index in [0.29, 0.717) is 30.8 Å². The van der Waals surface area contributed by atoms with Gasteiger partial charge >= 0.3 is 0 Å². The number of hydrogen-bond acceptors (Lipinski definition) is 2. The van der Waals surface area contributed by atoms with Gasteiger partial charge in [-0.25, -0.2) is 0 Å². The summed E-state index contributed by atoms with van der Waals surface area (Å²) in [6.45, 7) is 2.17. The molecule has 28 heavy (non-hydrogen) atoms. The van der Waals surface area contributed by atoms with Gasteiger partial charge in [0.15, 0.2) is 0 Å². The van der Waals surface area contributed by atoms with Crippen LogP contribution in [0.3, 0.4) is 0 Å². The van der Waals surface area contributed by atoms with Gasteiger partial charge in [-0.1, -0.05) is 36.4 Å². The molecule has 4 heteroatoms. The van der Waals surface area contributed by atoms with Crippen LogP contribution in [0.2, 0.25) is 0 Å². The van der Waals surface area contributed by atoms with Crippen LogP contribution in [0.1, 0.15) is 65.1 Å². The minimum Gasteiger partial charge on any atom is -0.370 e. The smallest absolute Gasteiger partial charge is 0.254 e. The lowest BCUT2D eigenvalue weighted by Crippen LogP contribution is -2.48. The number of amides is 2. The van der Waals surface area contributed by atoms with Crippen molar-refractivity contribution in [2.45, 2.75) is 63.5 Å². The van der Waals surface area contributed by atoms with Gasteiger partial charge < -0.3 is 10.6 Å². The Morgan fingerprint density at radius 1 is 1.00 bits per heavy atom. The molecule has 2 aromatic rings. The maximum absolute atomic E-state index is 13.2. The first kappa shape index (κ1) is 18.7. The van der Waals surface area contributed by atoms with Gasteiger partial charge in [-0.15, -0.1) is 0 Å². The van der Waals surface area contributed by atoms with Crippen molar-refractivity contribution in [3.05, 3.63) is 70.8 Å². The van der Waals surface area contributed by atoms with E-state index in [9.17, 15) is 9.59 Å². The molecule has 0 aromatic heterocycles. The lowest BCUT2D eigenvalue weighted by molar-refractivity contribution is -0.117. The fourth-order valence-corrected chi connectivity index (χ4v) is 4.33. The number of benzene rings is 2. The highest BCUT2D eigenvalue weighted by Crippen LogP contribution is 2.44. The molecule has 2 saturated carbocycles. The van der Waals surface area contributed by atoms with Crippen molar-refractivity contribution in [1.82, 2.24) is 4.90 Å². The summed E-state index contributed by atoms with van der Waals surface area (Å²) in [5.74, 6) is 0.418. The number of nitrogens with two attached hydrogens (primary N) is 1. The van der Waals surface area contributed by atoms with Crippen molar-refractivity contribution >= 4 is 11.8 Å². The maximum atomic E-state index is 13.2. The number of nitrogens with zero attached hydrogens (tertiary/aromatic N) is 1. The highest BCUT2D eigenvalue weighted by Gasteiger charge is 2.43. The second kappa shape index (κ2) is 7.78. The summed E-state index contributed by atoms with van der Waals surface area (Å²) < 4.78 is 0. The zero-order valence-corrected chi connectivity index (χ0v) is 16.4. The summed E-state index contributed by atoms with van der Waals surface area (Å²) in [6.07, 6.45) is 5.32. The summed E-state index contributed by atoms with van der Waals surface area (Å²) in [6, 6.07) is 17.0. The molecule has 0 bridgehead atoms. The molecule has 2 aliphatic carbocycles. The Morgan fingerprint density at radius 2 is 1.68 bits per heavy atom. The van der Waals surface area contributed by atoms with E-state index in [1.807, 2.05) is 24.3 Å². The normalized spacial score (nSPS) is 21.0. The van der Waals surface area contributed by atoms with Crippen LogP contribution in [-0.4, -0.2) is 28.8 Å². The molecule has 4 rings (SSSR count). The SMILES string of the molecule is Cc1ccccc1C1CC(N(C(=O)c2ccc(CCC(N)=O)cc2)C2CC2)C1. The van der Waals surface area contributed by atoms with Gasteiger partial charge in [-0.05, 0) is 73.8 Å². The zero-order chi connectivity index (χ0) is 19.7. The molecule has 0 radical (unpaired) electrons. The zero-order valence-electron chi connectivity index (χ0n) is 16.4. The minimum atomic E-state index is -0.298. The van der Waals surface area contributed by atoms with Gasteiger partial charge in [0.1, 0.15) is 0 Å². The first-order valence-electron chi connectivity index (χ1n) is 10.3. The van der Waals surface area contributed by atoms with Crippen LogP contribution in [-0.2, 0) is 11.2 Å². The second-order valence-electron chi connectivity index (χ2n) is 8.29. The topological polar surface area (TPSA) is 63.4 Å². The quantitative estimate of drug-likeness (QED) is 0.795. The summed E-state index contributed by atoms with van der Waals surface area (Å²) in [5.41, 5.74) is 9.78. The van der Waals surface area contributed by atoms with E-state index in [0.717, 1.165) is 36.8 Å². The highest BCUT2D eigenvalue weighted by molar-refractivity contribution is 5.95. The average molecular weight is 377 g/mol. The van der Waals surface area contributed by atoms with Gasteiger partial charge in [0.05, 0.1) is 0 Å². The summed E-state index contributed by atoms with van der Waals surface area (Å²) >= 11 is 0. The molecule has 0 heterocycles. The number of aryl methyl sites for hydroxylation is 2. The second-order valence-corrected chi connectivity index (χ2v) is 8.29. The lowest BCUT2D eigenvalue weighted by Gasteiger charge is -2.44. The fraction of sp³-hybridized carbons (Fsp3) is 0.417. The molecule has 0 saturated heterocycles. The van der Waals surface area contributed by atoms with Gasteiger partial charge in [0, 0.05) is 24.1 Å². The predicted molar refractivity (Wildman–Crippen MR) is 110 cm³/mol. The molecule has 2 N–H and O–H groups in total. The summed E-state index contributed by atoms with van der Waals surface area (Å²) in [7, 11) is 0. The molecule has 2 aromatic carbocycles. The van der Waals surface area contributed by atoms with Crippen LogP contribution in [0.15, 0.2) is 48.5 Å². The van der Waals surface area contributed by atoms with E-state index in [1.165, 1.54) is 11.1 Å².